The highest BCUT2D eigenvalue weighted by molar-refractivity contribution is 14.0. The van der Waals surface area contributed by atoms with Gasteiger partial charge in [0.15, 0.2) is 5.96 Å². The minimum atomic E-state index is -0.0898. The van der Waals surface area contributed by atoms with Crippen molar-refractivity contribution in [3.8, 4) is 0 Å². The van der Waals surface area contributed by atoms with Gasteiger partial charge in [0.2, 0.25) is 11.8 Å². The number of guanidine groups is 1. The van der Waals surface area contributed by atoms with Crippen LogP contribution < -0.4 is 10.6 Å². The molecule has 0 aromatic heterocycles. The number of allylic oxidation sites excluding steroid dienone is 2. The summed E-state index contributed by atoms with van der Waals surface area (Å²) < 4.78 is 5.04. The molecule has 8 heteroatoms. The molecule has 2 amide bonds. The molecule has 1 aliphatic heterocycles. The van der Waals surface area contributed by atoms with Gasteiger partial charge in [-0.1, -0.05) is 12.2 Å². The Bertz CT molecular complexity index is 580. The zero-order chi connectivity index (χ0) is 19.2. The van der Waals surface area contributed by atoms with Gasteiger partial charge in [0.25, 0.3) is 0 Å². The van der Waals surface area contributed by atoms with Crippen LogP contribution in [0.1, 0.15) is 32.1 Å². The van der Waals surface area contributed by atoms with Gasteiger partial charge in [-0.25, -0.2) is 0 Å². The molecular formula is C20H33IN4O3. The van der Waals surface area contributed by atoms with Gasteiger partial charge in [0.1, 0.15) is 0 Å². The summed E-state index contributed by atoms with van der Waals surface area (Å²) in [5.74, 6) is 1.24. The van der Waals surface area contributed by atoms with E-state index in [1.54, 1.807) is 14.2 Å². The second-order valence-corrected chi connectivity index (χ2v) is 7.66. The fourth-order valence-corrected chi connectivity index (χ4v) is 4.60. The maximum Gasteiger partial charge on any atom is 0.233 e. The number of imide groups is 1. The van der Waals surface area contributed by atoms with Crippen molar-refractivity contribution in [2.24, 2.45) is 28.7 Å². The predicted molar refractivity (Wildman–Crippen MR) is 120 cm³/mol. The zero-order valence-electron chi connectivity index (χ0n) is 16.9. The van der Waals surface area contributed by atoms with Gasteiger partial charge in [-0.3, -0.25) is 19.5 Å². The van der Waals surface area contributed by atoms with Crippen molar-refractivity contribution in [1.82, 2.24) is 15.5 Å². The number of amides is 2. The first-order chi connectivity index (χ1) is 13.2. The van der Waals surface area contributed by atoms with E-state index in [4.69, 9.17) is 4.74 Å². The number of rotatable bonds is 10. The van der Waals surface area contributed by atoms with Gasteiger partial charge in [-0.2, -0.15) is 0 Å². The topological polar surface area (TPSA) is 83.0 Å². The van der Waals surface area contributed by atoms with Crippen molar-refractivity contribution < 1.29 is 14.3 Å². The Morgan fingerprint density at radius 2 is 1.68 bits per heavy atom. The molecule has 2 bridgehead atoms. The van der Waals surface area contributed by atoms with E-state index in [1.807, 2.05) is 0 Å². The Balaban J connectivity index is 0.00000280. The largest absolute Gasteiger partial charge is 0.385 e. The molecule has 158 valence electrons. The Kier molecular flexibility index (Phi) is 9.20. The summed E-state index contributed by atoms with van der Waals surface area (Å²) >= 11 is 0. The average Bonchev–Trinajstić information content (AvgIpc) is 3.35. The molecule has 2 fully saturated rings. The van der Waals surface area contributed by atoms with E-state index in [0.29, 0.717) is 13.1 Å². The molecule has 4 atom stereocenters. The number of likely N-dealkylation sites (tertiary alicyclic amines) is 1. The van der Waals surface area contributed by atoms with Crippen molar-refractivity contribution in [2.45, 2.75) is 32.1 Å². The third-order valence-corrected chi connectivity index (χ3v) is 5.95. The van der Waals surface area contributed by atoms with E-state index in [2.05, 4.69) is 27.8 Å². The maximum absolute atomic E-state index is 12.6. The fourth-order valence-electron chi connectivity index (χ4n) is 4.60. The number of carbonyl (C=O) groups excluding carboxylic acids is 2. The van der Waals surface area contributed by atoms with Crippen molar-refractivity contribution in [1.29, 1.82) is 0 Å². The first-order valence-electron chi connectivity index (χ1n) is 10.1. The lowest BCUT2D eigenvalue weighted by Crippen LogP contribution is -2.40. The van der Waals surface area contributed by atoms with Crippen LogP contribution >= 0.6 is 24.0 Å². The first-order valence-corrected chi connectivity index (χ1v) is 10.1. The third-order valence-electron chi connectivity index (χ3n) is 5.95. The van der Waals surface area contributed by atoms with Crippen LogP contribution in [0.5, 0.6) is 0 Å². The number of nitrogens with one attached hydrogen (secondary N) is 2. The van der Waals surface area contributed by atoms with Crippen LogP contribution in [0, 0.1) is 23.7 Å². The molecule has 0 aromatic rings. The predicted octanol–water partition coefficient (Wildman–Crippen LogP) is 1.78. The van der Waals surface area contributed by atoms with E-state index in [0.717, 1.165) is 51.2 Å². The highest BCUT2D eigenvalue weighted by Crippen LogP contribution is 2.52. The lowest BCUT2D eigenvalue weighted by Gasteiger charge is -2.18. The molecule has 2 N–H and O–H groups in total. The number of fused-ring (bicyclic) bond motifs is 5. The minimum Gasteiger partial charge on any atom is -0.385 e. The standard InChI is InChI=1S/C20H32N4O3.HI/c1-21-20(22-9-4-3-5-12-27-2)23-10-6-11-24-18(25)16-14-7-8-15(13-14)17(16)19(24)26;/h7-8,14-17H,3-6,9-13H2,1-2H3,(H2,21,22,23);1H. The van der Waals surface area contributed by atoms with Gasteiger partial charge < -0.3 is 15.4 Å². The number of nitrogens with zero attached hydrogens (tertiary/aromatic N) is 2. The summed E-state index contributed by atoms with van der Waals surface area (Å²) in [5.41, 5.74) is 0. The molecule has 0 spiro atoms. The van der Waals surface area contributed by atoms with Crippen molar-refractivity contribution in [3.05, 3.63) is 12.2 Å². The van der Waals surface area contributed by atoms with E-state index < -0.39 is 0 Å². The summed E-state index contributed by atoms with van der Waals surface area (Å²) in [5, 5.41) is 6.54. The van der Waals surface area contributed by atoms with Crippen LogP contribution in [0.4, 0.5) is 0 Å². The lowest BCUT2D eigenvalue weighted by atomic mass is 9.85. The number of hydrogen-bond acceptors (Lipinski definition) is 4. The molecular weight excluding hydrogens is 471 g/mol. The molecule has 4 unspecified atom stereocenters. The Hall–Kier alpha value is -1.16. The van der Waals surface area contributed by atoms with Gasteiger partial charge >= 0.3 is 0 Å². The van der Waals surface area contributed by atoms with E-state index in [9.17, 15) is 9.59 Å². The summed E-state index contributed by atoms with van der Waals surface area (Å²) in [4.78, 5) is 31.0. The van der Waals surface area contributed by atoms with Crippen molar-refractivity contribution >= 4 is 41.8 Å². The van der Waals surface area contributed by atoms with Gasteiger partial charge in [0.05, 0.1) is 11.8 Å². The normalized spacial score (nSPS) is 27.9. The van der Waals surface area contributed by atoms with E-state index in [-0.39, 0.29) is 59.5 Å². The van der Waals surface area contributed by atoms with Crippen LogP contribution in [0.15, 0.2) is 17.1 Å². The highest BCUT2D eigenvalue weighted by Gasteiger charge is 2.58. The molecule has 2 aliphatic carbocycles. The Morgan fingerprint density at radius 1 is 1.07 bits per heavy atom. The van der Waals surface area contributed by atoms with Crippen molar-refractivity contribution in [2.75, 3.05) is 40.4 Å². The average molecular weight is 504 g/mol. The van der Waals surface area contributed by atoms with Gasteiger partial charge in [-0.05, 0) is 43.9 Å². The van der Waals surface area contributed by atoms with Crippen LogP contribution in [0.2, 0.25) is 0 Å². The van der Waals surface area contributed by atoms with Crippen molar-refractivity contribution in [3.63, 3.8) is 0 Å². The monoisotopic (exact) mass is 504 g/mol. The fraction of sp³-hybridized carbons (Fsp3) is 0.750. The molecule has 0 aromatic carbocycles. The van der Waals surface area contributed by atoms with E-state index >= 15 is 0 Å². The van der Waals surface area contributed by atoms with Crippen LogP contribution in [-0.2, 0) is 14.3 Å². The second kappa shape index (κ2) is 11.1. The number of hydrogen-bond donors (Lipinski definition) is 2. The minimum absolute atomic E-state index is 0. The number of ether oxygens (including phenoxy) is 1. The number of aliphatic imine (C=N–C) groups is 1. The van der Waals surface area contributed by atoms with E-state index in [1.165, 1.54) is 4.90 Å². The summed E-state index contributed by atoms with van der Waals surface area (Å²) in [6.07, 6.45) is 9.24. The molecule has 28 heavy (non-hydrogen) atoms. The Labute approximate surface area is 184 Å². The van der Waals surface area contributed by atoms with Crippen LogP contribution in [-0.4, -0.2) is 63.1 Å². The Morgan fingerprint density at radius 3 is 2.25 bits per heavy atom. The molecule has 0 radical (unpaired) electrons. The number of carbonyl (C=O) groups is 2. The van der Waals surface area contributed by atoms with Gasteiger partial charge in [-0.15, -0.1) is 24.0 Å². The van der Waals surface area contributed by atoms with Crippen LogP contribution in [0.3, 0.4) is 0 Å². The lowest BCUT2D eigenvalue weighted by molar-refractivity contribution is -0.140. The molecule has 1 heterocycles. The quantitative estimate of drug-likeness (QED) is 0.118. The second-order valence-electron chi connectivity index (χ2n) is 7.66. The molecule has 7 nitrogen and oxygen atoms in total. The summed E-state index contributed by atoms with van der Waals surface area (Å²) in [7, 11) is 3.47. The van der Waals surface area contributed by atoms with Crippen LogP contribution in [0.25, 0.3) is 0 Å². The summed E-state index contributed by atoms with van der Waals surface area (Å²) in [6, 6.07) is 0. The first kappa shape index (κ1) is 23.1. The number of methoxy groups -OCH3 is 1. The number of halogens is 1. The zero-order valence-corrected chi connectivity index (χ0v) is 19.2. The van der Waals surface area contributed by atoms with Gasteiger partial charge in [0, 0.05) is 40.4 Å². The SMILES string of the molecule is CN=C(NCCCCCOC)NCCCN1C(=O)C2C3C=CC(C3)C2C1=O.I. The molecule has 1 saturated heterocycles. The third kappa shape index (κ3) is 5.06. The summed E-state index contributed by atoms with van der Waals surface area (Å²) in [6.45, 7) is 2.85. The highest BCUT2D eigenvalue weighted by atomic mass is 127. The molecule has 3 rings (SSSR count). The molecule has 3 aliphatic rings. The molecule has 1 saturated carbocycles. The smallest absolute Gasteiger partial charge is 0.233 e. The number of unbranched alkanes of at least 4 members (excludes halogenated alkanes) is 2. The maximum atomic E-state index is 12.6.